The standard InChI is InChI=1S/C17H22N4O3/c1-5-16(22)19-14-7-6-13(24-4)8-15(14)20-17(23)12-9-18-21(10-12)11(2)3/h6-11H,5H2,1-4H3,(H,19,22)(H,20,23). The first-order valence-electron chi connectivity index (χ1n) is 7.78. The number of methoxy groups -OCH3 is 1. The highest BCUT2D eigenvalue weighted by atomic mass is 16.5. The van der Waals surface area contributed by atoms with Crippen LogP contribution in [0, 0.1) is 0 Å². The second kappa shape index (κ2) is 7.63. The van der Waals surface area contributed by atoms with Gasteiger partial charge in [-0.25, -0.2) is 0 Å². The smallest absolute Gasteiger partial charge is 0.258 e. The molecule has 0 radical (unpaired) electrons. The van der Waals surface area contributed by atoms with Crippen molar-refractivity contribution in [3.63, 3.8) is 0 Å². The minimum Gasteiger partial charge on any atom is -0.497 e. The number of benzene rings is 1. The van der Waals surface area contributed by atoms with E-state index in [0.717, 1.165) is 0 Å². The molecule has 1 aromatic carbocycles. The molecule has 2 aromatic rings. The zero-order valence-corrected chi connectivity index (χ0v) is 14.3. The molecule has 2 N–H and O–H groups in total. The maximum Gasteiger partial charge on any atom is 0.258 e. The van der Waals surface area contributed by atoms with Crippen LogP contribution in [0.3, 0.4) is 0 Å². The summed E-state index contributed by atoms with van der Waals surface area (Å²) in [6.07, 6.45) is 3.55. The second-order valence-electron chi connectivity index (χ2n) is 5.57. The Bertz CT molecular complexity index is 737. The summed E-state index contributed by atoms with van der Waals surface area (Å²) in [4.78, 5) is 24.1. The molecule has 0 fully saturated rings. The van der Waals surface area contributed by atoms with Gasteiger partial charge in [-0.15, -0.1) is 0 Å². The first-order valence-corrected chi connectivity index (χ1v) is 7.78. The van der Waals surface area contributed by atoms with Crippen LogP contribution in [0.2, 0.25) is 0 Å². The van der Waals surface area contributed by atoms with E-state index in [1.807, 2.05) is 13.8 Å². The number of hydrogen-bond donors (Lipinski definition) is 2. The maximum atomic E-state index is 12.4. The molecule has 0 saturated heterocycles. The summed E-state index contributed by atoms with van der Waals surface area (Å²) in [5, 5.41) is 9.72. The highest BCUT2D eigenvalue weighted by Gasteiger charge is 2.14. The zero-order chi connectivity index (χ0) is 17.7. The molecule has 128 valence electrons. The Kier molecular flexibility index (Phi) is 5.57. The lowest BCUT2D eigenvalue weighted by molar-refractivity contribution is -0.115. The first-order chi connectivity index (χ1) is 11.4. The van der Waals surface area contributed by atoms with Crippen molar-refractivity contribution >= 4 is 23.2 Å². The molecule has 7 nitrogen and oxygen atoms in total. The number of hydrogen-bond acceptors (Lipinski definition) is 4. The average molecular weight is 330 g/mol. The molecule has 0 spiro atoms. The van der Waals surface area contributed by atoms with Crippen LogP contribution in [-0.2, 0) is 4.79 Å². The predicted molar refractivity (Wildman–Crippen MR) is 92.5 cm³/mol. The van der Waals surface area contributed by atoms with Gasteiger partial charge in [0.25, 0.3) is 5.91 Å². The van der Waals surface area contributed by atoms with E-state index < -0.39 is 0 Å². The van der Waals surface area contributed by atoms with Crippen molar-refractivity contribution in [1.29, 1.82) is 0 Å². The molecule has 1 heterocycles. The third-order valence-corrected chi connectivity index (χ3v) is 3.46. The molecule has 0 unspecified atom stereocenters. The van der Waals surface area contributed by atoms with Crippen LogP contribution in [0.15, 0.2) is 30.6 Å². The number of ether oxygens (including phenoxy) is 1. The fraction of sp³-hybridized carbons (Fsp3) is 0.353. The largest absolute Gasteiger partial charge is 0.497 e. The van der Waals surface area contributed by atoms with Crippen molar-refractivity contribution in [2.24, 2.45) is 0 Å². The predicted octanol–water partition coefficient (Wildman–Crippen LogP) is 3.07. The average Bonchev–Trinajstić information content (AvgIpc) is 3.06. The van der Waals surface area contributed by atoms with Crippen molar-refractivity contribution in [3.8, 4) is 5.75 Å². The van der Waals surface area contributed by atoms with Gasteiger partial charge in [-0.1, -0.05) is 6.92 Å². The summed E-state index contributed by atoms with van der Waals surface area (Å²) in [6, 6.07) is 5.25. The summed E-state index contributed by atoms with van der Waals surface area (Å²) in [7, 11) is 1.54. The molecule has 7 heteroatoms. The Morgan fingerprint density at radius 3 is 2.58 bits per heavy atom. The summed E-state index contributed by atoms with van der Waals surface area (Å²) >= 11 is 0. The summed E-state index contributed by atoms with van der Waals surface area (Å²) < 4.78 is 6.89. The number of amides is 2. The van der Waals surface area contributed by atoms with Gasteiger partial charge in [-0.3, -0.25) is 14.3 Å². The molecular formula is C17H22N4O3. The first kappa shape index (κ1) is 17.5. The van der Waals surface area contributed by atoms with E-state index in [-0.39, 0.29) is 17.9 Å². The maximum absolute atomic E-state index is 12.4. The van der Waals surface area contributed by atoms with Gasteiger partial charge in [0.2, 0.25) is 5.91 Å². The van der Waals surface area contributed by atoms with E-state index in [1.54, 1.807) is 36.0 Å². The molecule has 2 rings (SSSR count). The van der Waals surface area contributed by atoms with E-state index in [4.69, 9.17) is 4.74 Å². The monoisotopic (exact) mass is 330 g/mol. The number of anilines is 2. The van der Waals surface area contributed by atoms with Gasteiger partial charge in [0.05, 0.1) is 30.2 Å². The summed E-state index contributed by atoms with van der Waals surface area (Å²) in [5.74, 6) is 0.142. The Labute approximate surface area is 141 Å². The lowest BCUT2D eigenvalue weighted by Crippen LogP contribution is -2.16. The van der Waals surface area contributed by atoms with Gasteiger partial charge in [-0.05, 0) is 26.0 Å². The third kappa shape index (κ3) is 4.13. The van der Waals surface area contributed by atoms with Gasteiger partial charge in [0, 0.05) is 24.7 Å². The lowest BCUT2D eigenvalue weighted by atomic mass is 10.2. The number of rotatable bonds is 6. The Balaban J connectivity index is 2.25. The van der Waals surface area contributed by atoms with Crippen molar-refractivity contribution in [2.75, 3.05) is 17.7 Å². The number of nitrogens with one attached hydrogen (secondary N) is 2. The van der Waals surface area contributed by atoms with Gasteiger partial charge in [-0.2, -0.15) is 5.10 Å². The van der Waals surface area contributed by atoms with Crippen LogP contribution >= 0.6 is 0 Å². The van der Waals surface area contributed by atoms with E-state index in [9.17, 15) is 9.59 Å². The number of nitrogens with zero attached hydrogens (tertiary/aromatic N) is 2. The fourth-order valence-corrected chi connectivity index (χ4v) is 2.03. The van der Waals surface area contributed by atoms with Crippen LogP contribution in [-0.4, -0.2) is 28.7 Å². The van der Waals surface area contributed by atoms with Crippen LogP contribution in [0.1, 0.15) is 43.6 Å². The topological polar surface area (TPSA) is 85.2 Å². The van der Waals surface area contributed by atoms with Crippen molar-refractivity contribution in [3.05, 3.63) is 36.2 Å². The van der Waals surface area contributed by atoms with E-state index in [0.29, 0.717) is 29.1 Å². The molecule has 0 saturated carbocycles. The zero-order valence-electron chi connectivity index (χ0n) is 14.3. The SMILES string of the molecule is CCC(=O)Nc1ccc(OC)cc1NC(=O)c1cnn(C(C)C)c1. The van der Waals surface area contributed by atoms with E-state index >= 15 is 0 Å². The second-order valence-corrected chi connectivity index (χ2v) is 5.57. The fourth-order valence-electron chi connectivity index (χ4n) is 2.03. The summed E-state index contributed by atoms with van der Waals surface area (Å²) in [5.41, 5.74) is 1.44. The van der Waals surface area contributed by atoms with Crippen LogP contribution in [0.25, 0.3) is 0 Å². The molecule has 2 amide bonds. The highest BCUT2D eigenvalue weighted by molar-refractivity contribution is 6.07. The number of carbonyl (C=O) groups is 2. The molecule has 1 aromatic heterocycles. The van der Waals surface area contributed by atoms with Gasteiger partial charge in [0.15, 0.2) is 0 Å². The van der Waals surface area contributed by atoms with Crippen LogP contribution in [0.5, 0.6) is 5.75 Å². The normalized spacial score (nSPS) is 10.5. The summed E-state index contributed by atoms with van der Waals surface area (Å²) in [6.45, 7) is 5.72. The Hall–Kier alpha value is -2.83. The molecule has 0 aliphatic heterocycles. The van der Waals surface area contributed by atoms with E-state index in [2.05, 4.69) is 15.7 Å². The minimum absolute atomic E-state index is 0.136. The van der Waals surface area contributed by atoms with Gasteiger partial charge < -0.3 is 15.4 Å². The molecule has 0 aliphatic carbocycles. The quantitative estimate of drug-likeness (QED) is 0.852. The van der Waals surface area contributed by atoms with Crippen LogP contribution in [0.4, 0.5) is 11.4 Å². The molecule has 0 bridgehead atoms. The van der Waals surface area contributed by atoms with Crippen molar-refractivity contribution in [1.82, 2.24) is 9.78 Å². The number of aromatic nitrogens is 2. The van der Waals surface area contributed by atoms with Gasteiger partial charge >= 0.3 is 0 Å². The molecule has 0 aliphatic rings. The van der Waals surface area contributed by atoms with Gasteiger partial charge in [0.1, 0.15) is 5.75 Å². The van der Waals surface area contributed by atoms with E-state index in [1.165, 1.54) is 13.3 Å². The lowest BCUT2D eigenvalue weighted by Gasteiger charge is -2.13. The Morgan fingerprint density at radius 1 is 1.25 bits per heavy atom. The Morgan fingerprint density at radius 2 is 2.00 bits per heavy atom. The number of carbonyl (C=O) groups excluding carboxylic acids is 2. The van der Waals surface area contributed by atoms with Crippen LogP contribution < -0.4 is 15.4 Å². The molecular weight excluding hydrogens is 308 g/mol. The van der Waals surface area contributed by atoms with Crippen molar-refractivity contribution < 1.29 is 14.3 Å². The third-order valence-electron chi connectivity index (χ3n) is 3.46. The molecule has 24 heavy (non-hydrogen) atoms. The van der Waals surface area contributed by atoms with Crippen molar-refractivity contribution in [2.45, 2.75) is 33.2 Å². The molecule has 0 atom stereocenters. The minimum atomic E-state index is -0.304. The highest BCUT2D eigenvalue weighted by Crippen LogP contribution is 2.27.